The summed E-state index contributed by atoms with van der Waals surface area (Å²) in [5.41, 5.74) is 1.64. The molecule has 0 N–H and O–H groups in total. The number of hydrogen-bond acceptors (Lipinski definition) is 5. The average molecular weight is 362 g/mol. The van der Waals surface area contributed by atoms with Crippen molar-refractivity contribution < 1.29 is 14.3 Å². The van der Waals surface area contributed by atoms with Crippen molar-refractivity contribution in [1.29, 1.82) is 0 Å². The van der Waals surface area contributed by atoms with Crippen LogP contribution in [0.25, 0.3) is 0 Å². The number of benzene rings is 1. The molecule has 0 fully saturated rings. The monoisotopic (exact) mass is 362 g/mol. The summed E-state index contributed by atoms with van der Waals surface area (Å²) in [6.07, 6.45) is 1.86. The molecule has 0 unspecified atom stereocenters. The van der Waals surface area contributed by atoms with E-state index < -0.39 is 0 Å². The number of carbonyl (C=O) groups is 1. The van der Waals surface area contributed by atoms with E-state index in [1.807, 2.05) is 13.2 Å². The maximum atomic E-state index is 12.9. The Balaban J connectivity index is 2.44. The molecule has 1 aliphatic heterocycles. The third-order valence-corrected chi connectivity index (χ3v) is 4.37. The van der Waals surface area contributed by atoms with Crippen LogP contribution in [0.2, 0.25) is 0 Å². The maximum absolute atomic E-state index is 12.9. The summed E-state index contributed by atoms with van der Waals surface area (Å²) in [6, 6.07) is 5.17. The summed E-state index contributed by atoms with van der Waals surface area (Å²) in [6.45, 7) is 5.85. The number of thioether (sulfide) groups is 1. The zero-order valence-electron chi connectivity index (χ0n) is 15.1. The molecule has 0 saturated heterocycles. The van der Waals surface area contributed by atoms with Crippen molar-refractivity contribution in [2.45, 2.75) is 6.92 Å². The maximum Gasteiger partial charge on any atom is 0.330 e. The van der Waals surface area contributed by atoms with E-state index in [2.05, 4.69) is 16.7 Å². The molecule has 0 radical (unpaired) electrons. The lowest BCUT2D eigenvalue weighted by molar-refractivity contribution is 0.222. The number of anilines is 1. The topological polar surface area (TPSA) is 66.7 Å². The Labute approximate surface area is 152 Å². The fourth-order valence-corrected chi connectivity index (χ4v) is 2.80. The molecular formula is C17H22N4O3S. The number of urea groups is 1. The predicted molar refractivity (Wildman–Crippen MR) is 103 cm³/mol. The van der Waals surface area contributed by atoms with Gasteiger partial charge in [0.1, 0.15) is 17.3 Å². The molecule has 2 amide bonds. The van der Waals surface area contributed by atoms with E-state index in [0.717, 1.165) is 5.57 Å². The van der Waals surface area contributed by atoms with Crippen molar-refractivity contribution in [2.24, 2.45) is 9.98 Å². The van der Waals surface area contributed by atoms with Crippen molar-refractivity contribution in [3.8, 4) is 11.5 Å². The minimum atomic E-state index is -0.191. The minimum absolute atomic E-state index is 0.191. The fourth-order valence-electron chi connectivity index (χ4n) is 2.49. The van der Waals surface area contributed by atoms with E-state index in [-0.39, 0.29) is 6.03 Å². The second-order valence-electron chi connectivity index (χ2n) is 5.36. The first kappa shape index (κ1) is 18.9. The third-order valence-electron chi connectivity index (χ3n) is 3.78. The molecular weight excluding hydrogens is 340 g/mol. The first-order valence-corrected chi connectivity index (χ1v) is 8.75. The van der Waals surface area contributed by atoms with Crippen LogP contribution in [0.3, 0.4) is 0 Å². The predicted octanol–water partition coefficient (Wildman–Crippen LogP) is 3.23. The largest absolute Gasteiger partial charge is 0.497 e. The van der Waals surface area contributed by atoms with E-state index in [1.54, 1.807) is 44.4 Å². The van der Waals surface area contributed by atoms with E-state index in [4.69, 9.17) is 9.47 Å². The summed E-state index contributed by atoms with van der Waals surface area (Å²) in [5.74, 6) is 1.83. The molecule has 134 valence electrons. The molecule has 2 rings (SSSR count). The van der Waals surface area contributed by atoms with Crippen molar-refractivity contribution in [2.75, 3.05) is 39.0 Å². The zero-order valence-corrected chi connectivity index (χ0v) is 15.9. The van der Waals surface area contributed by atoms with E-state index in [1.165, 1.54) is 16.7 Å². The Bertz CT molecular complexity index is 723. The zero-order chi connectivity index (χ0) is 18.6. The summed E-state index contributed by atoms with van der Waals surface area (Å²) in [4.78, 5) is 24.3. The summed E-state index contributed by atoms with van der Waals surface area (Å²) < 4.78 is 10.6. The van der Waals surface area contributed by atoms with Gasteiger partial charge < -0.3 is 9.47 Å². The number of nitrogens with zero attached hydrogens (tertiary/aromatic N) is 4. The fraction of sp³-hybridized carbons (Fsp3) is 0.353. The molecule has 0 atom stereocenters. The van der Waals surface area contributed by atoms with Gasteiger partial charge in [-0.2, -0.15) is 0 Å². The number of aliphatic imine (C=N–C) groups is 2. The summed E-state index contributed by atoms with van der Waals surface area (Å²) in [7, 11) is 4.84. The van der Waals surface area contributed by atoms with Gasteiger partial charge in [0.25, 0.3) is 0 Å². The van der Waals surface area contributed by atoms with Crippen molar-refractivity contribution in [3.63, 3.8) is 0 Å². The number of amidine groups is 1. The highest BCUT2D eigenvalue weighted by atomic mass is 32.2. The molecule has 1 heterocycles. The number of carbonyl (C=O) groups excluding carboxylic acids is 1. The molecule has 1 aromatic carbocycles. The van der Waals surface area contributed by atoms with Gasteiger partial charge in [0.05, 0.1) is 26.5 Å². The average Bonchev–Trinajstić information content (AvgIpc) is 2.64. The molecule has 8 heteroatoms. The second kappa shape index (κ2) is 8.06. The molecule has 0 saturated carbocycles. The van der Waals surface area contributed by atoms with Gasteiger partial charge in [0, 0.05) is 25.2 Å². The number of amides is 2. The van der Waals surface area contributed by atoms with Crippen LogP contribution in [0.15, 0.2) is 39.6 Å². The van der Waals surface area contributed by atoms with Crippen LogP contribution in [-0.4, -0.2) is 56.9 Å². The number of hydrogen-bond donors (Lipinski definition) is 0. The van der Waals surface area contributed by atoms with Gasteiger partial charge >= 0.3 is 6.03 Å². The molecule has 0 spiro atoms. The molecule has 0 bridgehead atoms. The Kier molecular flexibility index (Phi) is 6.08. The Hall–Kier alpha value is -2.48. The van der Waals surface area contributed by atoms with Crippen molar-refractivity contribution in [3.05, 3.63) is 29.6 Å². The molecule has 1 aliphatic rings. The van der Waals surface area contributed by atoms with Gasteiger partial charge in [-0.1, -0.05) is 11.8 Å². The van der Waals surface area contributed by atoms with Crippen LogP contribution in [0.4, 0.5) is 10.5 Å². The highest BCUT2D eigenvalue weighted by Crippen LogP contribution is 2.32. The van der Waals surface area contributed by atoms with Crippen LogP contribution >= 0.6 is 11.8 Å². The first-order valence-electron chi connectivity index (χ1n) is 7.52. The minimum Gasteiger partial charge on any atom is -0.497 e. The highest BCUT2D eigenvalue weighted by Gasteiger charge is 2.30. The van der Waals surface area contributed by atoms with Crippen LogP contribution in [0, 0.1) is 0 Å². The Morgan fingerprint density at radius 1 is 1.24 bits per heavy atom. The number of rotatable bonds is 4. The van der Waals surface area contributed by atoms with Gasteiger partial charge in [-0.05, 0) is 25.5 Å². The van der Waals surface area contributed by atoms with Crippen LogP contribution in [0.1, 0.15) is 6.92 Å². The lowest BCUT2D eigenvalue weighted by Gasteiger charge is -2.34. The molecule has 0 aromatic heterocycles. The van der Waals surface area contributed by atoms with Gasteiger partial charge in [-0.3, -0.25) is 9.80 Å². The van der Waals surface area contributed by atoms with E-state index in [9.17, 15) is 4.79 Å². The van der Waals surface area contributed by atoms with Crippen LogP contribution < -0.4 is 14.4 Å². The summed E-state index contributed by atoms with van der Waals surface area (Å²) in [5, 5.41) is 0.519. The molecule has 25 heavy (non-hydrogen) atoms. The van der Waals surface area contributed by atoms with Gasteiger partial charge in [-0.15, -0.1) is 0 Å². The lowest BCUT2D eigenvalue weighted by Crippen LogP contribution is -2.46. The lowest BCUT2D eigenvalue weighted by atomic mass is 10.2. The Morgan fingerprint density at radius 2 is 1.84 bits per heavy atom. The van der Waals surface area contributed by atoms with Gasteiger partial charge in [0.2, 0.25) is 0 Å². The number of methoxy groups -OCH3 is 2. The first-order chi connectivity index (χ1) is 11.9. The second-order valence-corrected chi connectivity index (χ2v) is 6.13. The number of ether oxygens (including phenoxy) is 2. The van der Waals surface area contributed by atoms with Crippen molar-refractivity contribution in [1.82, 2.24) is 4.90 Å². The summed E-state index contributed by atoms with van der Waals surface area (Å²) >= 11 is 1.38. The molecule has 1 aromatic rings. The quantitative estimate of drug-likeness (QED) is 0.609. The van der Waals surface area contributed by atoms with Crippen LogP contribution in [-0.2, 0) is 0 Å². The van der Waals surface area contributed by atoms with E-state index >= 15 is 0 Å². The highest BCUT2D eigenvalue weighted by molar-refractivity contribution is 8.13. The normalized spacial score (nSPS) is 15.6. The molecule has 7 nitrogen and oxygen atoms in total. The standard InChI is InChI=1S/C17H22N4O3S/c1-11-10-21(12-7-13(23-4)9-14(8-12)24-5)17(22)20(3)15(11)19-16(18-2)25-6/h7-9H,2,10H2,1,3-6H3/b19-16+. The molecule has 0 aliphatic carbocycles. The smallest absolute Gasteiger partial charge is 0.330 e. The van der Waals surface area contributed by atoms with Crippen LogP contribution in [0.5, 0.6) is 11.5 Å². The van der Waals surface area contributed by atoms with Gasteiger partial charge in [-0.25, -0.2) is 14.8 Å². The SMILES string of the molecule is C=N/C(=N\C1=C(C)CN(c2cc(OC)cc(OC)c2)C(=O)N1C)SC. The van der Waals surface area contributed by atoms with Gasteiger partial charge in [0.15, 0.2) is 5.17 Å². The third kappa shape index (κ3) is 3.96. The Morgan fingerprint density at radius 3 is 2.32 bits per heavy atom. The van der Waals surface area contributed by atoms with Crippen molar-refractivity contribution >= 4 is 35.4 Å². The van der Waals surface area contributed by atoms with E-state index in [0.29, 0.717) is 34.7 Å².